The van der Waals surface area contributed by atoms with Crippen molar-refractivity contribution in [1.29, 1.82) is 0 Å². The van der Waals surface area contributed by atoms with E-state index in [4.69, 9.17) is 9.47 Å². The molecule has 182 valence electrons. The number of ether oxygens (including phenoxy) is 2. The van der Waals surface area contributed by atoms with Crippen LogP contribution in [0.15, 0.2) is 0 Å². The van der Waals surface area contributed by atoms with Crippen molar-refractivity contribution >= 4 is 5.78 Å². The van der Waals surface area contributed by atoms with Gasteiger partial charge >= 0.3 is 0 Å². The maximum absolute atomic E-state index is 13.7. The Kier molecular flexibility index (Phi) is 6.10. The van der Waals surface area contributed by atoms with Crippen LogP contribution in [-0.4, -0.2) is 24.8 Å². The molecule has 0 amide bonds. The van der Waals surface area contributed by atoms with Crippen LogP contribution in [-0.2, 0) is 14.3 Å². The van der Waals surface area contributed by atoms with Crippen molar-refractivity contribution in [2.75, 3.05) is 13.2 Å². The van der Waals surface area contributed by atoms with Crippen LogP contribution in [0.2, 0.25) is 0 Å². The van der Waals surface area contributed by atoms with E-state index in [1.165, 1.54) is 57.8 Å². The Morgan fingerprint density at radius 3 is 2.41 bits per heavy atom. The van der Waals surface area contributed by atoms with Gasteiger partial charge < -0.3 is 9.47 Å². The van der Waals surface area contributed by atoms with Gasteiger partial charge in [-0.25, -0.2) is 0 Å². The fourth-order valence-corrected chi connectivity index (χ4v) is 9.80. The van der Waals surface area contributed by atoms with Crippen molar-refractivity contribution in [2.24, 2.45) is 52.3 Å². The lowest BCUT2D eigenvalue weighted by molar-refractivity contribution is -0.221. The zero-order chi connectivity index (χ0) is 22.7. The van der Waals surface area contributed by atoms with Crippen LogP contribution in [0.1, 0.15) is 105 Å². The molecule has 8 unspecified atom stereocenters. The molecule has 3 nitrogen and oxygen atoms in total. The third-order valence-electron chi connectivity index (χ3n) is 11.5. The summed E-state index contributed by atoms with van der Waals surface area (Å²) >= 11 is 0. The first-order valence-corrected chi connectivity index (χ1v) is 14.0. The fourth-order valence-electron chi connectivity index (χ4n) is 9.80. The number of hydrogen-bond donors (Lipinski definition) is 0. The summed E-state index contributed by atoms with van der Waals surface area (Å²) in [6, 6.07) is 0. The van der Waals surface area contributed by atoms with Crippen LogP contribution in [0.3, 0.4) is 0 Å². The predicted octanol–water partition coefficient (Wildman–Crippen LogP) is 7.03. The van der Waals surface area contributed by atoms with Gasteiger partial charge in [-0.05, 0) is 85.4 Å². The average molecular weight is 445 g/mol. The molecule has 0 aromatic heterocycles. The molecule has 0 aromatic rings. The van der Waals surface area contributed by atoms with Crippen molar-refractivity contribution in [2.45, 2.75) is 111 Å². The van der Waals surface area contributed by atoms with E-state index in [2.05, 4.69) is 34.6 Å². The molecule has 5 aliphatic rings. The number of Topliss-reactive ketones (excluding diaryl/α,β-unsaturated/α-hetero) is 1. The molecule has 3 heteroatoms. The first kappa shape index (κ1) is 23.3. The van der Waals surface area contributed by atoms with E-state index in [-0.39, 0.29) is 5.41 Å². The number of carbonyl (C=O) groups excluding carboxylic acids is 1. The van der Waals surface area contributed by atoms with Crippen molar-refractivity contribution in [3.05, 3.63) is 0 Å². The minimum absolute atomic E-state index is 0.147. The molecular weight excluding hydrogens is 396 g/mol. The minimum atomic E-state index is -0.582. The fraction of sp³-hybridized carbons (Fsp3) is 0.966. The third kappa shape index (κ3) is 3.55. The van der Waals surface area contributed by atoms with E-state index in [1.807, 2.05) is 0 Å². The molecular formula is C29H48O3. The maximum atomic E-state index is 13.7. The molecule has 4 saturated carbocycles. The summed E-state index contributed by atoms with van der Waals surface area (Å²) in [5, 5.41) is 0. The molecule has 8 atom stereocenters. The predicted molar refractivity (Wildman–Crippen MR) is 128 cm³/mol. The third-order valence-corrected chi connectivity index (χ3v) is 11.5. The Hall–Kier alpha value is -0.410. The minimum Gasteiger partial charge on any atom is -0.347 e. The molecule has 1 saturated heterocycles. The van der Waals surface area contributed by atoms with Crippen molar-refractivity contribution in [1.82, 2.24) is 0 Å². The normalized spacial score (nSPS) is 46.2. The number of hydrogen-bond acceptors (Lipinski definition) is 3. The summed E-state index contributed by atoms with van der Waals surface area (Å²) in [5.41, 5.74) is 0.351. The van der Waals surface area contributed by atoms with Gasteiger partial charge in [-0.15, -0.1) is 0 Å². The van der Waals surface area contributed by atoms with Crippen LogP contribution >= 0.6 is 0 Å². The average Bonchev–Trinajstić information content (AvgIpc) is 3.33. The Balaban J connectivity index is 1.32. The summed E-state index contributed by atoms with van der Waals surface area (Å²) in [5.74, 6) is 5.04. The summed E-state index contributed by atoms with van der Waals surface area (Å²) in [6.45, 7) is 13.6. The standard InChI is InChI=1S/C29H48O3/c1-19(2)7-6-8-20(3)23-11-12-24-22-10-9-21-17-29(31-15-16-32-29)18-26(30)28(21,5)25(22)13-14-27(23,24)4/h19-25H,6-18H2,1-5H3. The Morgan fingerprint density at radius 1 is 0.938 bits per heavy atom. The van der Waals surface area contributed by atoms with E-state index in [0.29, 0.717) is 42.7 Å². The van der Waals surface area contributed by atoms with Crippen LogP contribution < -0.4 is 0 Å². The van der Waals surface area contributed by atoms with E-state index in [9.17, 15) is 4.79 Å². The van der Waals surface area contributed by atoms with Crippen molar-refractivity contribution in [3.63, 3.8) is 0 Å². The number of ketones is 1. The van der Waals surface area contributed by atoms with Gasteiger partial charge in [-0.3, -0.25) is 4.79 Å². The largest absolute Gasteiger partial charge is 0.347 e. The summed E-state index contributed by atoms with van der Waals surface area (Å²) < 4.78 is 12.0. The first-order chi connectivity index (χ1) is 15.2. The van der Waals surface area contributed by atoms with E-state index < -0.39 is 5.79 Å². The topological polar surface area (TPSA) is 35.5 Å². The molecule has 32 heavy (non-hydrogen) atoms. The lowest BCUT2D eigenvalue weighted by Gasteiger charge is -2.61. The molecule has 1 aliphatic heterocycles. The Bertz CT molecular complexity index is 709. The van der Waals surface area contributed by atoms with Crippen molar-refractivity contribution in [3.8, 4) is 0 Å². The van der Waals surface area contributed by atoms with Gasteiger partial charge in [0.05, 0.1) is 19.6 Å². The lowest BCUT2D eigenvalue weighted by atomic mass is 9.44. The smallest absolute Gasteiger partial charge is 0.175 e. The van der Waals surface area contributed by atoms with Gasteiger partial charge in [0.1, 0.15) is 5.78 Å². The van der Waals surface area contributed by atoms with Crippen LogP contribution in [0, 0.1) is 52.3 Å². The highest BCUT2D eigenvalue weighted by Gasteiger charge is 2.65. The summed E-state index contributed by atoms with van der Waals surface area (Å²) in [6.07, 6.45) is 13.5. The second-order valence-corrected chi connectivity index (χ2v) is 13.4. The molecule has 1 spiro atoms. The number of fused-ring (bicyclic) bond motifs is 5. The highest BCUT2D eigenvalue weighted by Crippen LogP contribution is 2.68. The van der Waals surface area contributed by atoms with Gasteiger partial charge in [0.2, 0.25) is 0 Å². The zero-order valence-electron chi connectivity index (χ0n) is 21.5. The van der Waals surface area contributed by atoms with Crippen LogP contribution in [0.25, 0.3) is 0 Å². The molecule has 0 bridgehead atoms. The molecule has 0 radical (unpaired) electrons. The van der Waals surface area contributed by atoms with E-state index in [1.54, 1.807) is 0 Å². The molecule has 5 fully saturated rings. The number of rotatable bonds is 5. The Labute approximate surface area is 196 Å². The second kappa shape index (κ2) is 8.36. The molecule has 1 heterocycles. The zero-order valence-corrected chi connectivity index (χ0v) is 21.5. The summed E-state index contributed by atoms with van der Waals surface area (Å²) in [4.78, 5) is 13.7. The second-order valence-electron chi connectivity index (χ2n) is 13.4. The SMILES string of the molecule is CC(C)CCCC(C)C1CCC2C3CCC4CC5(CC(=O)C4(C)C3CCC12C)OCCO5. The van der Waals surface area contributed by atoms with Gasteiger partial charge in [0.25, 0.3) is 0 Å². The lowest BCUT2D eigenvalue weighted by Crippen LogP contribution is -2.60. The van der Waals surface area contributed by atoms with Gasteiger partial charge in [-0.1, -0.05) is 53.9 Å². The highest BCUT2D eigenvalue weighted by molar-refractivity contribution is 5.87. The quantitative estimate of drug-likeness (QED) is 0.456. The van der Waals surface area contributed by atoms with E-state index >= 15 is 0 Å². The molecule has 0 aromatic carbocycles. The van der Waals surface area contributed by atoms with Gasteiger partial charge in [0, 0.05) is 11.8 Å². The molecule has 0 N–H and O–H groups in total. The molecule has 5 rings (SSSR count). The van der Waals surface area contributed by atoms with Crippen molar-refractivity contribution < 1.29 is 14.3 Å². The Morgan fingerprint density at radius 2 is 1.69 bits per heavy atom. The van der Waals surface area contributed by atoms with Crippen LogP contribution in [0.5, 0.6) is 0 Å². The first-order valence-electron chi connectivity index (χ1n) is 14.0. The van der Waals surface area contributed by atoms with Crippen LogP contribution in [0.4, 0.5) is 0 Å². The molecule has 4 aliphatic carbocycles. The number of carbonyl (C=O) groups is 1. The maximum Gasteiger partial charge on any atom is 0.175 e. The monoisotopic (exact) mass is 444 g/mol. The van der Waals surface area contributed by atoms with Gasteiger partial charge in [0.15, 0.2) is 5.79 Å². The highest BCUT2D eigenvalue weighted by atomic mass is 16.7. The van der Waals surface area contributed by atoms with Gasteiger partial charge in [-0.2, -0.15) is 0 Å². The summed E-state index contributed by atoms with van der Waals surface area (Å²) in [7, 11) is 0. The van der Waals surface area contributed by atoms with E-state index in [0.717, 1.165) is 36.0 Å².